The third-order valence-electron chi connectivity index (χ3n) is 0.204. The van der Waals surface area contributed by atoms with Crippen molar-refractivity contribution in [3.8, 4) is 0 Å². The summed E-state index contributed by atoms with van der Waals surface area (Å²) in [6.45, 7) is 1.94. The van der Waals surface area contributed by atoms with Gasteiger partial charge in [-0.05, 0) is 0 Å². The van der Waals surface area contributed by atoms with E-state index in [1.54, 1.807) is 0 Å². The minimum absolute atomic E-state index is 0. The van der Waals surface area contributed by atoms with Gasteiger partial charge in [0, 0.05) is 0 Å². The van der Waals surface area contributed by atoms with E-state index >= 15 is 0 Å². The zero-order chi connectivity index (χ0) is 3.41. The molecule has 1 nitrogen and oxygen atoms in total. The first-order chi connectivity index (χ1) is 1.91. The topological polar surface area (TPSA) is 23.1 Å². The van der Waals surface area contributed by atoms with Gasteiger partial charge in [0.1, 0.15) is 0 Å². The quantitative estimate of drug-likeness (QED) is 0.428. The van der Waals surface area contributed by atoms with Gasteiger partial charge in [-0.25, -0.2) is 0 Å². The molecule has 0 unspecified atom stereocenters. The standard InChI is InChI=1S/C3H7O.Cs/c1-2-3-4;/h2-3H2,1H3;/q-1;+1. The maximum Gasteiger partial charge on any atom is 1.00 e. The Balaban J connectivity index is 0. The summed E-state index contributed by atoms with van der Waals surface area (Å²) in [5, 5.41) is 9.30. The van der Waals surface area contributed by atoms with Gasteiger partial charge in [0.05, 0.1) is 0 Å². The van der Waals surface area contributed by atoms with E-state index in [1.807, 2.05) is 6.92 Å². The van der Waals surface area contributed by atoms with Crippen molar-refractivity contribution in [2.75, 3.05) is 6.61 Å². The first-order valence-corrected chi connectivity index (χ1v) is 1.50. The van der Waals surface area contributed by atoms with E-state index in [4.69, 9.17) is 0 Å². The molecule has 5 heavy (non-hydrogen) atoms. The van der Waals surface area contributed by atoms with E-state index < -0.39 is 0 Å². The number of hydrogen-bond acceptors (Lipinski definition) is 1. The average Bonchev–Trinajstić information content (AvgIpc) is 1.37. The van der Waals surface area contributed by atoms with Crippen LogP contribution < -0.4 is 74.0 Å². The summed E-state index contributed by atoms with van der Waals surface area (Å²) in [5.74, 6) is 0. The molecule has 0 heterocycles. The van der Waals surface area contributed by atoms with Crippen LogP contribution in [-0.2, 0) is 0 Å². The predicted molar refractivity (Wildman–Crippen MR) is 15.2 cm³/mol. The van der Waals surface area contributed by atoms with Crippen molar-refractivity contribution in [3.63, 3.8) is 0 Å². The van der Waals surface area contributed by atoms with Crippen molar-refractivity contribution in [1.29, 1.82) is 0 Å². The summed E-state index contributed by atoms with van der Waals surface area (Å²) in [4.78, 5) is 0. The van der Waals surface area contributed by atoms with E-state index in [0.29, 0.717) is 0 Å². The Morgan fingerprint density at radius 2 is 1.80 bits per heavy atom. The van der Waals surface area contributed by atoms with Crippen LogP contribution in [-0.4, -0.2) is 6.61 Å². The maximum absolute atomic E-state index is 9.30. The molecule has 0 aromatic heterocycles. The zero-order valence-corrected chi connectivity index (χ0v) is 10.1. The van der Waals surface area contributed by atoms with Gasteiger partial charge in [0.2, 0.25) is 0 Å². The van der Waals surface area contributed by atoms with Gasteiger partial charge in [-0.1, -0.05) is 13.3 Å². The summed E-state index contributed by atoms with van der Waals surface area (Å²) >= 11 is 0. The van der Waals surface area contributed by atoms with Gasteiger partial charge in [-0.3, -0.25) is 0 Å². The van der Waals surface area contributed by atoms with Gasteiger partial charge >= 0.3 is 68.9 Å². The van der Waals surface area contributed by atoms with Crippen LogP contribution in [0.1, 0.15) is 13.3 Å². The minimum Gasteiger partial charge on any atom is -0.854 e. The SMILES string of the molecule is CCC[O-].[Cs+]. The van der Waals surface area contributed by atoms with Crippen LogP contribution in [0.4, 0.5) is 0 Å². The summed E-state index contributed by atoms with van der Waals surface area (Å²) in [6.07, 6.45) is 0.764. The molecular formula is C3H7CsO. The molecule has 0 aromatic carbocycles. The Kier molecular flexibility index (Phi) is 18.9. The van der Waals surface area contributed by atoms with Crippen molar-refractivity contribution in [3.05, 3.63) is 0 Å². The van der Waals surface area contributed by atoms with Gasteiger partial charge in [0.25, 0.3) is 0 Å². The van der Waals surface area contributed by atoms with Crippen molar-refractivity contribution in [2.24, 2.45) is 0 Å². The fourth-order valence-electron chi connectivity index (χ4n) is 0. The summed E-state index contributed by atoms with van der Waals surface area (Å²) < 4.78 is 0. The molecule has 0 spiro atoms. The Morgan fingerprint density at radius 3 is 1.80 bits per heavy atom. The van der Waals surface area contributed by atoms with Gasteiger partial charge in [0.15, 0.2) is 0 Å². The van der Waals surface area contributed by atoms with Crippen LogP contribution in [0.5, 0.6) is 0 Å². The molecule has 0 aliphatic heterocycles. The molecule has 0 rings (SSSR count). The smallest absolute Gasteiger partial charge is 0.854 e. The largest absolute Gasteiger partial charge is 1.00 e. The van der Waals surface area contributed by atoms with Crippen LogP contribution in [0.15, 0.2) is 0 Å². The second kappa shape index (κ2) is 9.38. The van der Waals surface area contributed by atoms with E-state index in [9.17, 15) is 5.11 Å². The predicted octanol–water partition coefficient (Wildman–Crippen LogP) is -3.24. The third-order valence-corrected chi connectivity index (χ3v) is 0.204. The van der Waals surface area contributed by atoms with Crippen LogP contribution in [0.25, 0.3) is 0 Å². The summed E-state index contributed by atoms with van der Waals surface area (Å²) in [6, 6.07) is 0. The molecule has 26 valence electrons. The third kappa shape index (κ3) is 10.7. The Bertz CT molecular complexity index is 8.85. The van der Waals surface area contributed by atoms with E-state index in [1.165, 1.54) is 0 Å². The molecule has 2 heteroatoms. The molecule has 0 atom stereocenters. The molecule has 0 aliphatic carbocycles. The first-order valence-electron chi connectivity index (χ1n) is 1.50. The van der Waals surface area contributed by atoms with Gasteiger partial charge in [-0.2, -0.15) is 0 Å². The van der Waals surface area contributed by atoms with Crippen LogP contribution >= 0.6 is 0 Å². The summed E-state index contributed by atoms with van der Waals surface area (Å²) in [5.41, 5.74) is 0. The van der Waals surface area contributed by atoms with Crippen LogP contribution in [0.2, 0.25) is 0 Å². The summed E-state index contributed by atoms with van der Waals surface area (Å²) in [7, 11) is 0. The normalized spacial score (nSPS) is 6.00. The number of hydrogen-bond donors (Lipinski definition) is 0. The van der Waals surface area contributed by atoms with Gasteiger partial charge in [-0.15, -0.1) is 6.61 Å². The molecule has 0 N–H and O–H groups in total. The van der Waals surface area contributed by atoms with E-state index in [-0.39, 0.29) is 75.5 Å². The molecule has 0 saturated heterocycles. The molecule has 0 bridgehead atoms. The van der Waals surface area contributed by atoms with E-state index in [2.05, 4.69) is 0 Å². The van der Waals surface area contributed by atoms with Crippen LogP contribution in [0.3, 0.4) is 0 Å². The van der Waals surface area contributed by atoms with Crippen LogP contribution in [0, 0.1) is 0 Å². The average molecular weight is 192 g/mol. The molecule has 0 amide bonds. The first kappa shape index (κ1) is 10.1. The van der Waals surface area contributed by atoms with Crippen molar-refractivity contribution < 1.29 is 74.0 Å². The molecule has 0 fully saturated rings. The molecule has 0 aromatic rings. The van der Waals surface area contributed by atoms with Crippen molar-refractivity contribution in [2.45, 2.75) is 13.3 Å². The monoisotopic (exact) mass is 192 g/mol. The Labute approximate surface area is 91.6 Å². The molecule has 0 radical (unpaired) electrons. The van der Waals surface area contributed by atoms with Crippen molar-refractivity contribution >= 4 is 0 Å². The zero-order valence-electron chi connectivity index (χ0n) is 3.82. The second-order valence-electron chi connectivity index (χ2n) is 0.704. The van der Waals surface area contributed by atoms with E-state index in [0.717, 1.165) is 6.42 Å². The minimum atomic E-state index is 0. The maximum atomic E-state index is 9.30. The second-order valence-corrected chi connectivity index (χ2v) is 0.704. The van der Waals surface area contributed by atoms with Crippen molar-refractivity contribution in [1.82, 2.24) is 0 Å². The fourth-order valence-corrected chi connectivity index (χ4v) is 0. The fraction of sp³-hybridized carbons (Fsp3) is 1.00. The molecule has 0 saturated carbocycles. The van der Waals surface area contributed by atoms with Gasteiger partial charge < -0.3 is 5.11 Å². The Hall–Kier alpha value is 2.01. The number of rotatable bonds is 1. The molecule has 0 aliphatic rings. The molecular weight excluding hydrogens is 185 g/mol. The Morgan fingerprint density at radius 1 is 1.60 bits per heavy atom.